The molecule has 0 heterocycles. The van der Waals surface area contributed by atoms with Crippen molar-refractivity contribution >= 4 is 27.5 Å². The number of hydrogen-bond acceptors (Lipinski definition) is 3. The summed E-state index contributed by atoms with van der Waals surface area (Å²) in [5, 5.41) is 13.9. The second-order valence-corrected chi connectivity index (χ2v) is 7.04. The zero-order chi connectivity index (χ0) is 15.6. The molecule has 0 bridgehead atoms. The summed E-state index contributed by atoms with van der Waals surface area (Å²) in [6.45, 7) is 4.30. The van der Waals surface area contributed by atoms with Crippen molar-refractivity contribution in [1.29, 1.82) is 0 Å². The SMILES string of the molecule is CC1(C)CCCCC1NC(=O)c1cc([N+](=O)[O-])ccc1Br. The zero-order valence-electron chi connectivity index (χ0n) is 12.2. The molecule has 0 aromatic heterocycles. The summed E-state index contributed by atoms with van der Waals surface area (Å²) in [6.07, 6.45) is 4.31. The number of halogens is 1. The Morgan fingerprint density at radius 2 is 2.14 bits per heavy atom. The molecule has 1 saturated carbocycles. The maximum Gasteiger partial charge on any atom is 0.270 e. The molecular formula is C15H19BrN2O3. The summed E-state index contributed by atoms with van der Waals surface area (Å²) in [6, 6.07) is 4.34. The topological polar surface area (TPSA) is 72.2 Å². The first kappa shape index (κ1) is 15.9. The van der Waals surface area contributed by atoms with E-state index in [4.69, 9.17) is 0 Å². The molecule has 5 nitrogen and oxygen atoms in total. The Morgan fingerprint density at radius 1 is 1.43 bits per heavy atom. The molecule has 114 valence electrons. The zero-order valence-corrected chi connectivity index (χ0v) is 13.8. The number of benzene rings is 1. The Hall–Kier alpha value is -1.43. The number of non-ortho nitro benzene ring substituents is 1. The van der Waals surface area contributed by atoms with E-state index in [1.54, 1.807) is 6.07 Å². The summed E-state index contributed by atoms with van der Waals surface area (Å²) in [5.74, 6) is -0.259. The quantitative estimate of drug-likeness (QED) is 0.657. The minimum atomic E-state index is -0.492. The molecule has 1 unspecified atom stereocenters. The van der Waals surface area contributed by atoms with E-state index in [1.165, 1.54) is 18.6 Å². The van der Waals surface area contributed by atoms with Crippen molar-refractivity contribution < 1.29 is 9.72 Å². The Bertz CT molecular complexity index is 572. The lowest BCUT2D eigenvalue weighted by Gasteiger charge is -2.39. The fourth-order valence-corrected chi connectivity index (χ4v) is 3.23. The lowest BCUT2D eigenvalue weighted by Crippen LogP contribution is -2.46. The number of nitrogens with zero attached hydrogens (tertiary/aromatic N) is 1. The van der Waals surface area contributed by atoms with Crippen LogP contribution in [0.25, 0.3) is 0 Å². The van der Waals surface area contributed by atoms with Crippen molar-refractivity contribution in [3.05, 3.63) is 38.3 Å². The number of carbonyl (C=O) groups excluding carboxylic acids is 1. The molecule has 21 heavy (non-hydrogen) atoms. The van der Waals surface area contributed by atoms with Gasteiger partial charge in [-0.3, -0.25) is 14.9 Å². The molecule has 1 atom stereocenters. The van der Waals surface area contributed by atoms with Crippen LogP contribution in [0.5, 0.6) is 0 Å². The van der Waals surface area contributed by atoms with Crippen LogP contribution in [0.15, 0.2) is 22.7 Å². The average molecular weight is 355 g/mol. The van der Waals surface area contributed by atoms with Crippen LogP contribution in [0.1, 0.15) is 49.9 Å². The summed E-state index contributed by atoms with van der Waals surface area (Å²) >= 11 is 3.29. The highest BCUT2D eigenvalue weighted by atomic mass is 79.9. The second kappa shape index (κ2) is 6.13. The molecule has 0 radical (unpaired) electrons. The van der Waals surface area contributed by atoms with Gasteiger partial charge in [-0.1, -0.05) is 26.7 Å². The Kier molecular flexibility index (Phi) is 4.66. The van der Waals surface area contributed by atoms with Crippen LogP contribution < -0.4 is 5.32 Å². The fourth-order valence-electron chi connectivity index (χ4n) is 2.80. The lowest BCUT2D eigenvalue weighted by molar-refractivity contribution is -0.384. The van der Waals surface area contributed by atoms with Gasteiger partial charge in [0.25, 0.3) is 11.6 Å². The average Bonchev–Trinajstić information content (AvgIpc) is 2.41. The number of nitrogens with one attached hydrogen (secondary N) is 1. The summed E-state index contributed by atoms with van der Waals surface area (Å²) in [5.41, 5.74) is 0.290. The standard InChI is InChI=1S/C15H19BrN2O3/c1-15(2)8-4-3-5-13(15)17-14(19)11-9-10(18(20)21)6-7-12(11)16/h6-7,9,13H,3-5,8H2,1-2H3,(H,17,19). The first-order chi connectivity index (χ1) is 9.81. The summed E-state index contributed by atoms with van der Waals surface area (Å²) in [4.78, 5) is 22.8. The van der Waals surface area contributed by atoms with Crippen LogP contribution >= 0.6 is 15.9 Å². The number of carbonyl (C=O) groups is 1. The van der Waals surface area contributed by atoms with E-state index in [0.29, 0.717) is 10.0 Å². The highest BCUT2D eigenvalue weighted by molar-refractivity contribution is 9.10. The monoisotopic (exact) mass is 354 g/mol. The fraction of sp³-hybridized carbons (Fsp3) is 0.533. The predicted octanol–water partition coefficient (Wildman–Crippen LogP) is 4.06. The van der Waals surface area contributed by atoms with E-state index in [9.17, 15) is 14.9 Å². The van der Waals surface area contributed by atoms with E-state index in [1.807, 2.05) is 0 Å². The van der Waals surface area contributed by atoms with E-state index in [2.05, 4.69) is 35.1 Å². The minimum absolute atomic E-state index is 0.0566. The number of nitro groups is 1. The van der Waals surface area contributed by atoms with Gasteiger partial charge in [0.2, 0.25) is 0 Å². The first-order valence-electron chi connectivity index (χ1n) is 7.06. The van der Waals surface area contributed by atoms with Gasteiger partial charge in [-0.25, -0.2) is 0 Å². The lowest BCUT2D eigenvalue weighted by atomic mass is 9.73. The predicted molar refractivity (Wildman–Crippen MR) is 84.3 cm³/mol. The highest BCUT2D eigenvalue weighted by Crippen LogP contribution is 2.35. The van der Waals surface area contributed by atoms with Crippen molar-refractivity contribution in [1.82, 2.24) is 5.32 Å². The third-order valence-corrected chi connectivity index (χ3v) is 4.91. The van der Waals surface area contributed by atoms with Gasteiger partial charge >= 0.3 is 0 Å². The maximum absolute atomic E-state index is 12.4. The van der Waals surface area contributed by atoms with Crippen molar-refractivity contribution in [2.75, 3.05) is 0 Å². The van der Waals surface area contributed by atoms with Gasteiger partial charge in [-0.15, -0.1) is 0 Å². The maximum atomic E-state index is 12.4. The molecule has 1 N–H and O–H groups in total. The summed E-state index contributed by atoms with van der Waals surface area (Å²) in [7, 11) is 0. The molecule has 0 saturated heterocycles. The summed E-state index contributed by atoms with van der Waals surface area (Å²) < 4.78 is 0.569. The van der Waals surface area contributed by atoms with Gasteiger partial charge in [0.15, 0.2) is 0 Å². The third kappa shape index (κ3) is 3.61. The largest absolute Gasteiger partial charge is 0.349 e. The molecule has 1 aliphatic rings. The van der Waals surface area contributed by atoms with Crippen LogP contribution in [0.2, 0.25) is 0 Å². The Morgan fingerprint density at radius 3 is 2.76 bits per heavy atom. The molecule has 1 amide bonds. The van der Waals surface area contributed by atoms with Crippen molar-refractivity contribution in [2.24, 2.45) is 5.41 Å². The smallest absolute Gasteiger partial charge is 0.270 e. The molecule has 1 aliphatic carbocycles. The van der Waals surface area contributed by atoms with Crippen LogP contribution in [-0.2, 0) is 0 Å². The van der Waals surface area contributed by atoms with Gasteiger partial charge in [-0.2, -0.15) is 0 Å². The van der Waals surface area contributed by atoms with Crippen LogP contribution in [0.3, 0.4) is 0 Å². The van der Waals surface area contributed by atoms with Crippen molar-refractivity contribution in [3.63, 3.8) is 0 Å². The Balaban J connectivity index is 2.20. The van der Waals surface area contributed by atoms with E-state index < -0.39 is 4.92 Å². The van der Waals surface area contributed by atoms with Gasteiger partial charge in [0, 0.05) is 22.6 Å². The number of nitro benzene ring substituents is 1. The molecule has 0 aliphatic heterocycles. The van der Waals surface area contributed by atoms with Gasteiger partial charge in [-0.05, 0) is 40.3 Å². The molecule has 0 spiro atoms. The second-order valence-electron chi connectivity index (χ2n) is 6.18. The number of hydrogen-bond donors (Lipinski definition) is 1. The minimum Gasteiger partial charge on any atom is -0.349 e. The normalized spacial score (nSPS) is 20.8. The van der Waals surface area contributed by atoms with E-state index in [-0.39, 0.29) is 23.1 Å². The molecule has 1 aromatic carbocycles. The van der Waals surface area contributed by atoms with Crippen molar-refractivity contribution in [3.8, 4) is 0 Å². The Labute approximate surface area is 132 Å². The van der Waals surface area contributed by atoms with Gasteiger partial charge in [0.05, 0.1) is 10.5 Å². The molecular weight excluding hydrogens is 336 g/mol. The molecule has 1 aromatic rings. The van der Waals surface area contributed by atoms with Gasteiger partial charge < -0.3 is 5.32 Å². The number of rotatable bonds is 3. The van der Waals surface area contributed by atoms with E-state index in [0.717, 1.165) is 19.3 Å². The van der Waals surface area contributed by atoms with E-state index >= 15 is 0 Å². The van der Waals surface area contributed by atoms with Gasteiger partial charge in [0.1, 0.15) is 0 Å². The van der Waals surface area contributed by atoms with Crippen LogP contribution in [0, 0.1) is 15.5 Å². The molecule has 6 heteroatoms. The van der Waals surface area contributed by atoms with Crippen LogP contribution in [0.4, 0.5) is 5.69 Å². The molecule has 1 fully saturated rings. The highest BCUT2D eigenvalue weighted by Gasteiger charge is 2.33. The molecule has 2 rings (SSSR count). The third-order valence-electron chi connectivity index (χ3n) is 4.22. The number of amides is 1. The van der Waals surface area contributed by atoms with Crippen LogP contribution in [-0.4, -0.2) is 16.9 Å². The van der Waals surface area contributed by atoms with Crippen molar-refractivity contribution in [2.45, 2.75) is 45.6 Å². The first-order valence-corrected chi connectivity index (χ1v) is 7.85.